The monoisotopic (exact) mass is 416 g/mol. The van der Waals surface area contributed by atoms with Gasteiger partial charge in [-0.15, -0.1) is 11.5 Å². The summed E-state index contributed by atoms with van der Waals surface area (Å²) < 4.78 is 5.37. The fourth-order valence-corrected chi connectivity index (χ4v) is 6.20. The van der Waals surface area contributed by atoms with Gasteiger partial charge in [0.1, 0.15) is 13.9 Å². The molecule has 0 radical (unpaired) electrons. The molecule has 0 spiro atoms. The Kier molecular flexibility index (Phi) is 7.96. The van der Waals surface area contributed by atoms with E-state index < -0.39 is 13.5 Å². The number of rotatable bonds is 4. The molecule has 2 aliphatic rings. The number of allylic oxidation sites excluding steroid dienone is 2. The van der Waals surface area contributed by atoms with E-state index in [9.17, 15) is 9.59 Å². The number of esters is 1. The van der Waals surface area contributed by atoms with Gasteiger partial charge in [0.15, 0.2) is 0 Å². The summed E-state index contributed by atoms with van der Waals surface area (Å²) in [5.41, 5.74) is 3.87. The first kappa shape index (κ1) is 23.9. The second-order valence-corrected chi connectivity index (χ2v) is 15.2. The van der Waals surface area contributed by atoms with Gasteiger partial charge in [-0.05, 0) is 63.7 Å². The van der Waals surface area contributed by atoms with Crippen LogP contribution in [0.2, 0.25) is 19.6 Å². The van der Waals surface area contributed by atoms with Crippen molar-refractivity contribution >= 4 is 19.8 Å². The van der Waals surface area contributed by atoms with E-state index in [0.29, 0.717) is 12.8 Å². The number of unbranched alkanes of at least 4 members (excludes halogenated alkanes) is 1. The molecule has 3 unspecified atom stereocenters. The highest BCUT2D eigenvalue weighted by atomic mass is 28.3. The third-order valence-corrected chi connectivity index (χ3v) is 8.04. The molecule has 0 aliphatic heterocycles. The fraction of sp³-hybridized carbons (Fsp3) is 0.760. The number of fused-ring (bicyclic) bond motifs is 1. The molecule has 0 aromatic rings. The third-order valence-electron chi connectivity index (χ3n) is 7.11. The van der Waals surface area contributed by atoms with Gasteiger partial charge in [-0.25, -0.2) is 0 Å². The Bertz CT molecular complexity index is 706. The van der Waals surface area contributed by atoms with Gasteiger partial charge in [-0.1, -0.05) is 38.2 Å². The number of ether oxygens (including phenoxy) is 1. The first-order valence-electron chi connectivity index (χ1n) is 11.3. The molecule has 1 saturated carbocycles. The van der Waals surface area contributed by atoms with Crippen LogP contribution in [-0.2, 0) is 14.3 Å². The number of methoxy groups -OCH3 is 1. The molecule has 0 bridgehead atoms. The van der Waals surface area contributed by atoms with Crippen molar-refractivity contribution in [3.63, 3.8) is 0 Å². The molecule has 29 heavy (non-hydrogen) atoms. The molecule has 2 aliphatic carbocycles. The Morgan fingerprint density at radius 2 is 2.00 bits per heavy atom. The van der Waals surface area contributed by atoms with Crippen molar-refractivity contribution in [3.05, 3.63) is 11.6 Å². The average Bonchev–Trinajstić information content (AvgIpc) is 2.93. The van der Waals surface area contributed by atoms with Gasteiger partial charge in [0.2, 0.25) is 0 Å². The first-order valence-corrected chi connectivity index (χ1v) is 14.8. The lowest BCUT2D eigenvalue weighted by Gasteiger charge is -2.45. The second kappa shape index (κ2) is 9.64. The zero-order chi connectivity index (χ0) is 21.7. The molecule has 2 rings (SSSR count). The van der Waals surface area contributed by atoms with Crippen molar-refractivity contribution in [2.75, 3.05) is 7.11 Å². The smallest absolute Gasteiger partial charge is 0.313 e. The van der Waals surface area contributed by atoms with Crippen molar-refractivity contribution in [3.8, 4) is 11.5 Å². The zero-order valence-corrected chi connectivity index (χ0v) is 20.5. The summed E-state index contributed by atoms with van der Waals surface area (Å²) >= 11 is 0. The van der Waals surface area contributed by atoms with Crippen LogP contribution in [0.4, 0.5) is 0 Å². The van der Waals surface area contributed by atoms with E-state index in [-0.39, 0.29) is 23.1 Å². The third kappa shape index (κ3) is 5.42. The lowest BCUT2D eigenvalue weighted by atomic mass is 9.58. The van der Waals surface area contributed by atoms with E-state index in [4.69, 9.17) is 4.74 Å². The van der Waals surface area contributed by atoms with Crippen molar-refractivity contribution in [1.82, 2.24) is 0 Å². The predicted molar refractivity (Wildman–Crippen MR) is 122 cm³/mol. The van der Waals surface area contributed by atoms with Gasteiger partial charge in [-0.3, -0.25) is 9.59 Å². The maximum absolute atomic E-state index is 13.3. The Morgan fingerprint density at radius 1 is 1.28 bits per heavy atom. The molecule has 4 heteroatoms. The summed E-state index contributed by atoms with van der Waals surface area (Å²) in [6.07, 6.45) is 10.8. The highest BCUT2D eigenvalue weighted by molar-refractivity contribution is 6.83. The molecular formula is C25H40O3Si. The van der Waals surface area contributed by atoms with Crippen LogP contribution >= 0.6 is 0 Å². The summed E-state index contributed by atoms with van der Waals surface area (Å²) in [7, 11) is 0.134. The number of hydrogen-bond acceptors (Lipinski definition) is 3. The van der Waals surface area contributed by atoms with Crippen LogP contribution in [0.15, 0.2) is 11.6 Å². The van der Waals surface area contributed by atoms with Crippen LogP contribution in [0.1, 0.15) is 78.1 Å². The summed E-state index contributed by atoms with van der Waals surface area (Å²) in [4.78, 5) is 26.5. The highest BCUT2D eigenvalue weighted by Crippen LogP contribution is 2.62. The van der Waals surface area contributed by atoms with E-state index >= 15 is 0 Å². The highest BCUT2D eigenvalue weighted by Gasteiger charge is 2.63. The molecule has 162 valence electrons. The molecule has 0 N–H and O–H groups in total. The topological polar surface area (TPSA) is 43.4 Å². The molecule has 0 aromatic carbocycles. The minimum atomic E-state index is -1.35. The summed E-state index contributed by atoms with van der Waals surface area (Å²) in [6.45, 7) is 11.1. The SMILES string of the molecule is COC(=O)C12CC/C=C(/C)CCCC(=O)C1CCC2(C)CCCC#C[Si](C)(C)C. The van der Waals surface area contributed by atoms with Crippen molar-refractivity contribution < 1.29 is 14.3 Å². The van der Waals surface area contributed by atoms with Crippen LogP contribution in [0.5, 0.6) is 0 Å². The molecule has 0 heterocycles. The lowest BCUT2D eigenvalue weighted by Crippen LogP contribution is -2.49. The first-order chi connectivity index (χ1) is 13.6. The normalized spacial score (nSPS) is 32.4. The van der Waals surface area contributed by atoms with Crippen LogP contribution < -0.4 is 0 Å². The van der Waals surface area contributed by atoms with E-state index in [1.807, 2.05) is 0 Å². The van der Waals surface area contributed by atoms with Gasteiger partial charge in [0.25, 0.3) is 0 Å². The molecule has 0 aromatic heterocycles. The number of ketones is 1. The van der Waals surface area contributed by atoms with Crippen LogP contribution in [0, 0.1) is 28.2 Å². The number of carbonyl (C=O) groups excluding carboxylic acids is 2. The van der Waals surface area contributed by atoms with Crippen molar-refractivity contribution in [1.29, 1.82) is 0 Å². The van der Waals surface area contributed by atoms with Crippen molar-refractivity contribution in [2.24, 2.45) is 16.7 Å². The van der Waals surface area contributed by atoms with E-state index in [2.05, 4.69) is 51.0 Å². The van der Waals surface area contributed by atoms with E-state index in [1.54, 1.807) is 0 Å². The molecule has 3 nitrogen and oxygen atoms in total. The summed E-state index contributed by atoms with van der Waals surface area (Å²) in [5.74, 6) is 3.27. The number of Topliss-reactive ketones (excluding diaryl/α,β-unsaturated/α-hetero) is 1. The molecule has 1 fully saturated rings. The van der Waals surface area contributed by atoms with Crippen LogP contribution in [0.25, 0.3) is 0 Å². The number of carbonyl (C=O) groups is 2. The summed E-state index contributed by atoms with van der Waals surface area (Å²) in [6, 6.07) is 0. The fourth-order valence-electron chi connectivity index (χ4n) is 5.54. The molecule has 0 amide bonds. The van der Waals surface area contributed by atoms with Gasteiger partial charge < -0.3 is 4.74 Å². The average molecular weight is 417 g/mol. The minimum absolute atomic E-state index is 0.171. The number of hydrogen-bond donors (Lipinski definition) is 0. The molecule has 3 atom stereocenters. The van der Waals surface area contributed by atoms with E-state index in [1.165, 1.54) is 12.7 Å². The van der Waals surface area contributed by atoms with E-state index in [0.717, 1.165) is 51.4 Å². The zero-order valence-electron chi connectivity index (χ0n) is 19.5. The second-order valence-electron chi connectivity index (χ2n) is 10.4. The van der Waals surface area contributed by atoms with Gasteiger partial charge >= 0.3 is 5.97 Å². The van der Waals surface area contributed by atoms with Gasteiger partial charge in [0.05, 0.1) is 12.5 Å². The quantitative estimate of drug-likeness (QED) is 0.183. The van der Waals surface area contributed by atoms with Crippen LogP contribution in [0.3, 0.4) is 0 Å². The minimum Gasteiger partial charge on any atom is -0.469 e. The molecular weight excluding hydrogens is 376 g/mol. The van der Waals surface area contributed by atoms with Gasteiger partial charge in [0, 0.05) is 18.8 Å². The van der Waals surface area contributed by atoms with Crippen LogP contribution in [-0.4, -0.2) is 26.9 Å². The van der Waals surface area contributed by atoms with Gasteiger partial charge in [-0.2, -0.15) is 0 Å². The lowest BCUT2D eigenvalue weighted by molar-refractivity contribution is -0.167. The standard InChI is InChI=1S/C25H40O3Si/c1-20-12-10-14-22(26)21-15-18-24(2,16-8-7-9-19-29(4,5)6)25(21,17-11-13-20)23(27)28-3/h13,21H,7-8,10-12,14-18H2,1-6H3/b20-13-. The Morgan fingerprint density at radius 3 is 2.66 bits per heavy atom. The molecule has 0 saturated heterocycles. The summed E-state index contributed by atoms with van der Waals surface area (Å²) in [5, 5.41) is 0. The maximum Gasteiger partial charge on any atom is 0.313 e. The maximum atomic E-state index is 13.3. The predicted octanol–water partition coefficient (Wildman–Crippen LogP) is 6.09. The largest absolute Gasteiger partial charge is 0.469 e. The van der Waals surface area contributed by atoms with Crippen molar-refractivity contribution in [2.45, 2.75) is 97.7 Å². The Labute approximate surface area is 179 Å². The Balaban J connectivity index is 2.32. The Hall–Kier alpha value is -1.34.